The number of amides is 1. The lowest BCUT2D eigenvalue weighted by Crippen LogP contribution is -2.61. The van der Waals surface area contributed by atoms with E-state index in [4.69, 9.17) is 4.74 Å². The van der Waals surface area contributed by atoms with Crippen LogP contribution in [0.2, 0.25) is 0 Å². The van der Waals surface area contributed by atoms with Gasteiger partial charge in [0.05, 0.1) is 22.4 Å². The molecule has 5 rings (SSSR count). The fourth-order valence-electron chi connectivity index (χ4n) is 4.97. The average molecular weight is 609 g/mol. The summed E-state index contributed by atoms with van der Waals surface area (Å²) in [7, 11) is -6.68. The van der Waals surface area contributed by atoms with Crippen LogP contribution in [0, 0.1) is 0 Å². The number of nitrogens with one attached hydrogen (secondary N) is 1. The van der Waals surface area contributed by atoms with Crippen LogP contribution in [0.4, 0.5) is 0 Å². The van der Waals surface area contributed by atoms with E-state index in [1.54, 1.807) is 36.5 Å². The summed E-state index contributed by atoms with van der Waals surface area (Å²) in [6.45, 7) is -0.316. The van der Waals surface area contributed by atoms with Crippen LogP contribution < -0.4 is 10.1 Å². The van der Waals surface area contributed by atoms with Crippen molar-refractivity contribution in [2.45, 2.75) is 28.7 Å². The number of methoxy groups -OCH3 is 1. The Bertz CT molecular complexity index is 1760. The normalized spacial score (nSPS) is 16.7. The molecule has 10 nitrogen and oxygen atoms in total. The Morgan fingerprint density at radius 3 is 2.38 bits per heavy atom. The molecule has 1 amide bonds. The van der Waals surface area contributed by atoms with Gasteiger partial charge in [0, 0.05) is 37.8 Å². The van der Waals surface area contributed by atoms with Crippen LogP contribution in [-0.4, -0.2) is 75.7 Å². The van der Waals surface area contributed by atoms with Gasteiger partial charge in [0.15, 0.2) is 0 Å². The quantitative estimate of drug-likeness (QED) is 0.274. The molecule has 1 aliphatic heterocycles. The molecule has 2 heterocycles. The maximum absolute atomic E-state index is 13.9. The van der Waals surface area contributed by atoms with Gasteiger partial charge in [-0.25, -0.2) is 16.8 Å². The molecule has 1 unspecified atom stereocenters. The number of hydrogen-bond acceptors (Lipinski definition) is 7. The molecule has 4 aromatic rings. The van der Waals surface area contributed by atoms with Crippen molar-refractivity contribution in [2.75, 3.05) is 33.3 Å². The summed E-state index contributed by atoms with van der Waals surface area (Å²) in [6.07, 6.45) is 2.99. The first-order valence-corrected chi connectivity index (χ1v) is 16.4. The van der Waals surface area contributed by atoms with E-state index in [0.717, 1.165) is 16.3 Å². The molecular weight excluding hydrogens is 576 g/mol. The lowest BCUT2D eigenvalue weighted by atomic mass is 10.1. The van der Waals surface area contributed by atoms with Crippen LogP contribution in [0.15, 0.2) is 101 Å². The zero-order chi connectivity index (χ0) is 29.7. The van der Waals surface area contributed by atoms with Gasteiger partial charge in [-0.1, -0.05) is 36.4 Å². The Hall–Kier alpha value is -3.84. The summed E-state index contributed by atoms with van der Waals surface area (Å²) in [6, 6.07) is 22.6. The zero-order valence-corrected chi connectivity index (χ0v) is 24.7. The molecule has 1 aromatic heterocycles. The highest BCUT2D eigenvalue weighted by molar-refractivity contribution is 7.89. The van der Waals surface area contributed by atoms with Crippen LogP contribution in [0.3, 0.4) is 0 Å². The molecule has 0 spiro atoms. The fraction of sp³-hybridized carbons (Fsp3) is 0.267. The number of rotatable bonds is 10. The number of fused-ring (bicyclic) bond motifs is 1. The SMILES string of the molecule is COc1ccc(S(=O)(=O)N2CCN(S(=O)(=O)c3ccc4ncccc4c3)C(C(=O)NCCCc3ccccc3)C2)cc1. The van der Waals surface area contributed by atoms with Gasteiger partial charge in [0.1, 0.15) is 11.8 Å². The van der Waals surface area contributed by atoms with Crippen LogP contribution >= 0.6 is 0 Å². The van der Waals surface area contributed by atoms with E-state index in [-0.39, 0.29) is 29.4 Å². The molecule has 220 valence electrons. The molecule has 12 heteroatoms. The molecule has 1 fully saturated rings. The number of carbonyl (C=O) groups is 1. The number of ether oxygens (including phenoxy) is 1. The van der Waals surface area contributed by atoms with Crippen molar-refractivity contribution in [3.63, 3.8) is 0 Å². The summed E-state index contributed by atoms with van der Waals surface area (Å²) in [5.41, 5.74) is 1.76. The topological polar surface area (TPSA) is 126 Å². The van der Waals surface area contributed by atoms with Gasteiger partial charge in [-0.15, -0.1) is 0 Å². The second-order valence-corrected chi connectivity index (χ2v) is 13.7. The summed E-state index contributed by atoms with van der Waals surface area (Å²) in [5.74, 6) is -0.0491. The number of aryl methyl sites for hydroxylation is 1. The largest absolute Gasteiger partial charge is 0.497 e. The highest BCUT2D eigenvalue weighted by Gasteiger charge is 2.43. The molecule has 1 N–H and O–H groups in total. The molecule has 1 atom stereocenters. The zero-order valence-electron chi connectivity index (χ0n) is 23.1. The number of carbonyl (C=O) groups excluding carboxylic acids is 1. The summed E-state index contributed by atoms with van der Waals surface area (Å²) in [5, 5.41) is 3.48. The number of nitrogens with zero attached hydrogens (tertiary/aromatic N) is 3. The molecule has 1 aliphatic rings. The number of piperazine rings is 1. The van der Waals surface area contributed by atoms with Crippen LogP contribution in [-0.2, 0) is 31.3 Å². The molecule has 0 bridgehead atoms. The first kappa shape index (κ1) is 29.6. The van der Waals surface area contributed by atoms with Crippen molar-refractivity contribution in [3.8, 4) is 5.75 Å². The van der Waals surface area contributed by atoms with Gasteiger partial charge in [-0.3, -0.25) is 9.78 Å². The van der Waals surface area contributed by atoms with Crippen LogP contribution in [0.1, 0.15) is 12.0 Å². The first-order valence-electron chi connectivity index (χ1n) is 13.5. The monoisotopic (exact) mass is 608 g/mol. The molecule has 1 saturated heterocycles. The minimum atomic E-state index is -4.16. The van der Waals surface area contributed by atoms with E-state index in [9.17, 15) is 21.6 Å². The third kappa shape index (κ3) is 6.31. The smallest absolute Gasteiger partial charge is 0.243 e. The van der Waals surface area contributed by atoms with E-state index >= 15 is 0 Å². The Morgan fingerprint density at radius 1 is 0.905 bits per heavy atom. The summed E-state index contributed by atoms with van der Waals surface area (Å²) >= 11 is 0. The molecule has 3 aromatic carbocycles. The van der Waals surface area contributed by atoms with Crippen molar-refractivity contribution >= 4 is 36.9 Å². The Balaban J connectivity index is 1.40. The van der Waals surface area contributed by atoms with Crippen molar-refractivity contribution in [1.82, 2.24) is 18.9 Å². The minimum absolute atomic E-state index is 0.0105. The van der Waals surface area contributed by atoms with Crippen molar-refractivity contribution in [2.24, 2.45) is 0 Å². The average Bonchev–Trinajstić information content (AvgIpc) is 3.03. The summed E-state index contributed by atoms with van der Waals surface area (Å²) < 4.78 is 62.3. The minimum Gasteiger partial charge on any atom is -0.497 e. The van der Waals surface area contributed by atoms with Gasteiger partial charge in [-0.05, 0) is 66.9 Å². The highest BCUT2D eigenvalue weighted by atomic mass is 32.2. The number of sulfonamides is 2. The van der Waals surface area contributed by atoms with Gasteiger partial charge >= 0.3 is 0 Å². The molecule has 0 saturated carbocycles. The van der Waals surface area contributed by atoms with E-state index in [0.29, 0.717) is 29.6 Å². The third-order valence-corrected chi connectivity index (χ3v) is 11.0. The van der Waals surface area contributed by atoms with Crippen LogP contribution in [0.5, 0.6) is 5.75 Å². The third-order valence-electron chi connectivity index (χ3n) is 7.26. The van der Waals surface area contributed by atoms with E-state index in [1.165, 1.54) is 35.7 Å². The highest BCUT2D eigenvalue weighted by Crippen LogP contribution is 2.28. The predicted octanol–water partition coefficient (Wildman–Crippen LogP) is 3.06. The Kier molecular flexibility index (Phi) is 8.88. The molecular formula is C30H32N4O6S2. The second-order valence-electron chi connectivity index (χ2n) is 9.91. The number of pyridine rings is 1. The van der Waals surface area contributed by atoms with Gasteiger partial charge in [0.25, 0.3) is 0 Å². The lowest BCUT2D eigenvalue weighted by Gasteiger charge is -2.39. The summed E-state index contributed by atoms with van der Waals surface area (Å²) in [4.78, 5) is 17.8. The van der Waals surface area contributed by atoms with Gasteiger partial charge in [0.2, 0.25) is 26.0 Å². The second kappa shape index (κ2) is 12.6. The molecule has 0 aliphatic carbocycles. The standard InChI is InChI=1S/C30H32N4O6S2/c1-40-25-11-13-26(14-12-25)41(36,37)33-19-20-34(42(38,39)27-15-16-28-24(21-27)10-6-17-31-28)29(22-33)30(35)32-18-5-9-23-7-3-2-4-8-23/h2-4,6-8,10-17,21,29H,5,9,18-20,22H2,1H3,(H,32,35). The van der Waals surface area contributed by atoms with Crippen LogP contribution in [0.25, 0.3) is 10.9 Å². The Labute approximate surface area is 246 Å². The maximum atomic E-state index is 13.9. The van der Waals surface area contributed by atoms with Crippen molar-refractivity contribution < 1.29 is 26.4 Å². The lowest BCUT2D eigenvalue weighted by molar-refractivity contribution is -0.125. The van der Waals surface area contributed by atoms with E-state index in [2.05, 4.69) is 10.3 Å². The van der Waals surface area contributed by atoms with Gasteiger partial charge in [-0.2, -0.15) is 8.61 Å². The maximum Gasteiger partial charge on any atom is 0.243 e. The predicted molar refractivity (Wildman–Crippen MR) is 159 cm³/mol. The van der Waals surface area contributed by atoms with Gasteiger partial charge < -0.3 is 10.1 Å². The molecule has 0 radical (unpaired) electrons. The van der Waals surface area contributed by atoms with Crippen molar-refractivity contribution in [1.29, 1.82) is 0 Å². The molecule has 42 heavy (non-hydrogen) atoms. The Morgan fingerprint density at radius 2 is 1.64 bits per heavy atom. The first-order chi connectivity index (χ1) is 20.2. The number of benzene rings is 3. The van der Waals surface area contributed by atoms with E-state index in [1.807, 2.05) is 30.3 Å². The fourth-order valence-corrected chi connectivity index (χ4v) is 8.02. The van der Waals surface area contributed by atoms with Crippen molar-refractivity contribution in [3.05, 3.63) is 96.7 Å². The number of hydrogen-bond donors (Lipinski definition) is 1. The van der Waals surface area contributed by atoms with E-state index < -0.39 is 32.0 Å². The number of aromatic nitrogens is 1.